The van der Waals surface area contributed by atoms with Gasteiger partial charge in [-0.2, -0.15) is 0 Å². The van der Waals surface area contributed by atoms with E-state index in [0.29, 0.717) is 13.1 Å². The fourth-order valence-corrected chi connectivity index (χ4v) is 4.38. The smallest absolute Gasteiger partial charge is 0.388 e. The zero-order valence-electron chi connectivity index (χ0n) is 19.7. The number of oxime groups is 1. The van der Waals surface area contributed by atoms with Crippen molar-refractivity contribution < 1.29 is 14.5 Å². The molecule has 0 atom stereocenters. The summed E-state index contributed by atoms with van der Waals surface area (Å²) in [6.45, 7) is 11.7. The molecule has 1 spiro atoms. The Bertz CT molecular complexity index is 1010. The Morgan fingerprint density at radius 3 is 2.44 bits per heavy atom. The van der Waals surface area contributed by atoms with Gasteiger partial charge in [0.2, 0.25) is 0 Å². The van der Waals surface area contributed by atoms with E-state index in [-0.39, 0.29) is 11.0 Å². The van der Waals surface area contributed by atoms with Crippen LogP contribution >= 0.6 is 0 Å². The van der Waals surface area contributed by atoms with Gasteiger partial charge < -0.3 is 9.68 Å². The van der Waals surface area contributed by atoms with Gasteiger partial charge >= 0.3 is 6.09 Å². The summed E-state index contributed by atoms with van der Waals surface area (Å²) in [6.07, 6.45) is 1.85. The van der Waals surface area contributed by atoms with Gasteiger partial charge in [-0.05, 0) is 36.0 Å². The van der Waals surface area contributed by atoms with Crippen molar-refractivity contribution in [1.82, 2.24) is 5.06 Å². The molecule has 2 aromatic carbocycles. The summed E-state index contributed by atoms with van der Waals surface area (Å²) in [6, 6.07) is 14.4. The second kappa shape index (κ2) is 8.58. The summed E-state index contributed by atoms with van der Waals surface area (Å²) >= 11 is 0. The number of anilines is 1. The first-order valence-electron chi connectivity index (χ1n) is 11.3. The molecule has 2 aliphatic rings. The van der Waals surface area contributed by atoms with Crippen LogP contribution in [0.4, 0.5) is 10.5 Å². The van der Waals surface area contributed by atoms with Crippen LogP contribution in [0.15, 0.2) is 47.6 Å². The molecule has 4 rings (SSSR count). The van der Waals surface area contributed by atoms with Gasteiger partial charge in [0.05, 0.1) is 11.4 Å². The van der Waals surface area contributed by atoms with Crippen molar-refractivity contribution in [2.45, 2.75) is 64.9 Å². The summed E-state index contributed by atoms with van der Waals surface area (Å²) < 4.78 is 0. The minimum absolute atomic E-state index is 0.0822. The van der Waals surface area contributed by atoms with Crippen molar-refractivity contribution in [2.75, 3.05) is 18.4 Å². The highest BCUT2D eigenvalue weighted by atomic mass is 16.7. The highest BCUT2D eigenvalue weighted by Crippen LogP contribution is 2.36. The molecule has 2 aliphatic heterocycles. The molecule has 170 valence electrons. The SMILES string of the molecule is Cc1ccc(C2=NOC3(CCN(OC(=O)Nc4c(C)cccc4C(C)(C)C)CC3)C2)cc1. The molecule has 0 saturated carbocycles. The van der Waals surface area contributed by atoms with Crippen molar-refractivity contribution in [3.63, 3.8) is 0 Å². The number of rotatable bonds is 3. The third kappa shape index (κ3) is 4.80. The fraction of sp³-hybridized carbons (Fsp3) is 0.462. The van der Waals surface area contributed by atoms with Gasteiger partial charge in [-0.15, -0.1) is 5.06 Å². The van der Waals surface area contributed by atoms with Crippen LogP contribution in [0.25, 0.3) is 0 Å². The van der Waals surface area contributed by atoms with E-state index in [1.165, 1.54) is 5.56 Å². The molecular formula is C26H33N3O3. The number of hydrogen-bond donors (Lipinski definition) is 1. The number of nitrogens with one attached hydrogen (secondary N) is 1. The maximum atomic E-state index is 12.7. The summed E-state index contributed by atoms with van der Waals surface area (Å²) in [5, 5.41) is 9.07. The molecule has 0 aromatic heterocycles. The molecule has 2 heterocycles. The van der Waals surface area contributed by atoms with E-state index >= 15 is 0 Å². The molecule has 1 fully saturated rings. The number of hydroxylamine groups is 2. The van der Waals surface area contributed by atoms with E-state index in [2.05, 4.69) is 68.5 Å². The number of carbonyl (C=O) groups excluding carboxylic acids is 1. The quantitative estimate of drug-likeness (QED) is 0.669. The Morgan fingerprint density at radius 1 is 1.09 bits per heavy atom. The number of amides is 1. The van der Waals surface area contributed by atoms with Gasteiger partial charge in [-0.1, -0.05) is 74.0 Å². The lowest BCUT2D eigenvalue weighted by Gasteiger charge is -2.35. The van der Waals surface area contributed by atoms with E-state index in [1.54, 1.807) is 5.06 Å². The van der Waals surface area contributed by atoms with Crippen LogP contribution in [0.5, 0.6) is 0 Å². The van der Waals surface area contributed by atoms with E-state index < -0.39 is 6.09 Å². The van der Waals surface area contributed by atoms with Crippen LogP contribution < -0.4 is 5.32 Å². The first-order chi connectivity index (χ1) is 15.2. The standard InChI is InChI=1S/C26H33N3O3/c1-18-9-11-20(12-10-18)22-17-26(32-28-22)13-15-29(16-14-26)31-24(30)27-23-19(2)7-6-8-21(23)25(3,4)5/h6-12H,13-17H2,1-5H3,(H,27,30). The van der Waals surface area contributed by atoms with Crippen LogP contribution in [0, 0.1) is 13.8 Å². The molecule has 1 amide bonds. The Hall–Kier alpha value is -2.86. The normalized spacial score (nSPS) is 18.2. The summed E-state index contributed by atoms with van der Waals surface area (Å²) in [4.78, 5) is 24.2. The monoisotopic (exact) mass is 435 g/mol. The lowest BCUT2D eigenvalue weighted by molar-refractivity contribution is -0.154. The van der Waals surface area contributed by atoms with Crippen molar-refractivity contribution in [3.8, 4) is 0 Å². The van der Waals surface area contributed by atoms with Crippen LogP contribution in [-0.2, 0) is 15.1 Å². The Kier molecular flexibility index (Phi) is 5.99. The predicted molar refractivity (Wildman–Crippen MR) is 127 cm³/mol. The minimum Gasteiger partial charge on any atom is -0.388 e. The number of aryl methyl sites for hydroxylation is 2. The lowest BCUT2D eigenvalue weighted by atomic mass is 9.84. The maximum Gasteiger partial charge on any atom is 0.430 e. The van der Waals surface area contributed by atoms with Gasteiger partial charge in [0.1, 0.15) is 5.60 Å². The predicted octanol–water partition coefficient (Wildman–Crippen LogP) is 5.72. The minimum atomic E-state index is -0.454. The Balaban J connectivity index is 1.33. The number of hydrogen-bond acceptors (Lipinski definition) is 5. The zero-order chi connectivity index (χ0) is 22.9. The van der Waals surface area contributed by atoms with Crippen LogP contribution in [0.3, 0.4) is 0 Å². The molecule has 1 N–H and O–H groups in total. The van der Waals surface area contributed by atoms with Crippen molar-refractivity contribution in [1.29, 1.82) is 0 Å². The summed E-state index contributed by atoms with van der Waals surface area (Å²) in [5.74, 6) is 0. The lowest BCUT2D eigenvalue weighted by Crippen LogP contribution is -2.45. The molecule has 0 radical (unpaired) electrons. The van der Waals surface area contributed by atoms with Crippen LogP contribution in [0.1, 0.15) is 62.3 Å². The second-order valence-corrected chi connectivity index (χ2v) is 10.0. The number of benzene rings is 2. The summed E-state index contributed by atoms with van der Waals surface area (Å²) in [5.41, 5.74) is 5.89. The number of nitrogens with zero attached hydrogens (tertiary/aromatic N) is 2. The fourth-order valence-electron chi connectivity index (χ4n) is 4.38. The van der Waals surface area contributed by atoms with Gasteiger partial charge in [0.25, 0.3) is 0 Å². The molecule has 6 nitrogen and oxygen atoms in total. The third-order valence-corrected chi connectivity index (χ3v) is 6.38. The highest BCUT2D eigenvalue weighted by Gasteiger charge is 2.43. The van der Waals surface area contributed by atoms with Crippen molar-refractivity contribution >= 4 is 17.5 Å². The van der Waals surface area contributed by atoms with Gasteiger partial charge in [-0.3, -0.25) is 5.32 Å². The third-order valence-electron chi connectivity index (χ3n) is 6.38. The molecule has 0 unspecified atom stereocenters. The molecule has 6 heteroatoms. The highest BCUT2D eigenvalue weighted by molar-refractivity contribution is 6.01. The Morgan fingerprint density at radius 2 is 1.78 bits per heavy atom. The average Bonchev–Trinajstić information content (AvgIpc) is 3.15. The van der Waals surface area contributed by atoms with Gasteiger partial charge in [0, 0.05) is 32.4 Å². The summed E-state index contributed by atoms with van der Waals surface area (Å²) in [7, 11) is 0. The Labute approximate surface area is 190 Å². The van der Waals surface area contributed by atoms with Crippen molar-refractivity contribution in [3.05, 3.63) is 64.7 Å². The van der Waals surface area contributed by atoms with Crippen molar-refractivity contribution in [2.24, 2.45) is 5.16 Å². The van der Waals surface area contributed by atoms with Crippen LogP contribution in [0.2, 0.25) is 0 Å². The number of para-hydroxylation sites is 1. The topological polar surface area (TPSA) is 63.2 Å². The van der Waals surface area contributed by atoms with Gasteiger partial charge in [0.15, 0.2) is 0 Å². The van der Waals surface area contributed by atoms with E-state index in [1.807, 2.05) is 19.1 Å². The van der Waals surface area contributed by atoms with E-state index in [4.69, 9.17) is 9.68 Å². The first kappa shape index (κ1) is 22.3. The van der Waals surface area contributed by atoms with E-state index in [9.17, 15) is 4.79 Å². The first-order valence-corrected chi connectivity index (χ1v) is 11.3. The average molecular weight is 436 g/mol. The molecule has 0 bridgehead atoms. The second-order valence-electron chi connectivity index (χ2n) is 10.0. The number of piperidine rings is 1. The van der Waals surface area contributed by atoms with Gasteiger partial charge in [-0.25, -0.2) is 4.79 Å². The number of carbonyl (C=O) groups is 1. The maximum absolute atomic E-state index is 12.7. The molecule has 0 aliphatic carbocycles. The largest absolute Gasteiger partial charge is 0.430 e. The van der Waals surface area contributed by atoms with E-state index in [0.717, 1.165) is 47.4 Å². The molecular weight excluding hydrogens is 402 g/mol. The van der Waals surface area contributed by atoms with Crippen LogP contribution in [-0.4, -0.2) is 35.6 Å². The zero-order valence-corrected chi connectivity index (χ0v) is 19.7. The molecule has 32 heavy (non-hydrogen) atoms. The molecule has 2 aromatic rings. The molecule has 1 saturated heterocycles.